The molecule has 1 atom stereocenters. The average Bonchev–Trinajstić information content (AvgIpc) is 2.52. The number of hydrogen-bond donors (Lipinski definition) is 1. The van der Waals surface area contributed by atoms with E-state index in [1.807, 2.05) is 0 Å². The van der Waals surface area contributed by atoms with E-state index in [-0.39, 0.29) is 12.5 Å². The number of ether oxygens (including phenoxy) is 1. The summed E-state index contributed by atoms with van der Waals surface area (Å²) in [5.41, 5.74) is 0.704. The molecule has 118 valence electrons. The number of piperidine rings is 1. The van der Waals surface area contributed by atoms with Crippen LogP contribution >= 0.6 is 11.6 Å². The molecule has 1 heterocycles. The van der Waals surface area contributed by atoms with E-state index in [4.69, 9.17) is 21.4 Å². The van der Waals surface area contributed by atoms with Crippen LogP contribution < -0.4 is 4.74 Å². The summed E-state index contributed by atoms with van der Waals surface area (Å²) in [6.45, 7) is 0.838. The van der Waals surface area contributed by atoms with Gasteiger partial charge in [-0.1, -0.05) is 11.6 Å². The lowest BCUT2D eigenvalue weighted by Gasteiger charge is -2.29. The highest BCUT2D eigenvalue weighted by Gasteiger charge is 2.27. The molecule has 1 unspecified atom stereocenters. The molecule has 1 aromatic rings. The number of amides is 1. The summed E-state index contributed by atoms with van der Waals surface area (Å²) in [5.74, 6) is -0.909. The van der Waals surface area contributed by atoms with E-state index in [1.54, 1.807) is 36.3 Å². The van der Waals surface area contributed by atoms with Crippen molar-refractivity contribution in [1.82, 2.24) is 4.90 Å². The van der Waals surface area contributed by atoms with Crippen molar-refractivity contribution in [1.29, 1.82) is 0 Å². The van der Waals surface area contributed by atoms with Gasteiger partial charge in [0.05, 0.1) is 13.0 Å². The Morgan fingerprint density at radius 3 is 2.91 bits per heavy atom. The number of rotatable bonds is 4. The fourth-order valence-corrected chi connectivity index (χ4v) is 2.66. The van der Waals surface area contributed by atoms with Gasteiger partial charge < -0.3 is 14.7 Å². The van der Waals surface area contributed by atoms with Gasteiger partial charge in [-0.05, 0) is 37.1 Å². The van der Waals surface area contributed by atoms with Crippen molar-refractivity contribution in [3.63, 3.8) is 0 Å². The van der Waals surface area contributed by atoms with Gasteiger partial charge >= 0.3 is 5.97 Å². The van der Waals surface area contributed by atoms with Crippen LogP contribution in [0, 0.1) is 5.92 Å². The van der Waals surface area contributed by atoms with E-state index in [0.717, 1.165) is 0 Å². The third-order valence-corrected chi connectivity index (χ3v) is 3.91. The standard InChI is InChI=1S/C16H18ClNO4/c1-22-14-6-5-13(17)9-11(14)4-7-15(19)18-8-2-3-12(10-18)16(20)21/h4-7,9,12H,2-3,8,10H2,1H3,(H,20,21)/b7-4+. The summed E-state index contributed by atoms with van der Waals surface area (Å²) in [4.78, 5) is 24.8. The van der Waals surface area contributed by atoms with Crippen molar-refractivity contribution in [2.24, 2.45) is 5.92 Å². The van der Waals surface area contributed by atoms with Gasteiger partial charge in [0.25, 0.3) is 0 Å². The van der Waals surface area contributed by atoms with Gasteiger partial charge in [0.15, 0.2) is 0 Å². The van der Waals surface area contributed by atoms with Crippen LogP contribution in [0.3, 0.4) is 0 Å². The number of carboxylic acids is 1. The Labute approximate surface area is 134 Å². The largest absolute Gasteiger partial charge is 0.496 e. The Balaban J connectivity index is 2.08. The van der Waals surface area contributed by atoms with Crippen molar-refractivity contribution in [3.8, 4) is 5.75 Å². The van der Waals surface area contributed by atoms with E-state index in [2.05, 4.69) is 0 Å². The van der Waals surface area contributed by atoms with Crippen molar-refractivity contribution >= 4 is 29.6 Å². The first-order valence-electron chi connectivity index (χ1n) is 7.04. The van der Waals surface area contributed by atoms with Crippen LogP contribution in [0.4, 0.5) is 0 Å². The van der Waals surface area contributed by atoms with Crippen LogP contribution in [-0.4, -0.2) is 42.1 Å². The fraction of sp³-hybridized carbons (Fsp3) is 0.375. The second kappa shape index (κ2) is 7.31. The highest BCUT2D eigenvalue weighted by molar-refractivity contribution is 6.30. The van der Waals surface area contributed by atoms with Crippen LogP contribution in [0.15, 0.2) is 24.3 Å². The predicted molar refractivity (Wildman–Crippen MR) is 84.0 cm³/mol. The Bertz CT molecular complexity index is 600. The molecule has 22 heavy (non-hydrogen) atoms. The molecule has 5 nitrogen and oxygen atoms in total. The summed E-state index contributed by atoms with van der Waals surface area (Å²) >= 11 is 5.94. The van der Waals surface area contributed by atoms with Crippen LogP contribution in [-0.2, 0) is 9.59 Å². The molecule has 1 aliphatic heterocycles. The number of carboxylic acid groups (broad SMARTS) is 1. The minimum atomic E-state index is -0.849. The molecule has 2 rings (SSSR count). The Hall–Kier alpha value is -2.01. The number of carbonyl (C=O) groups excluding carboxylic acids is 1. The summed E-state index contributed by atoms with van der Waals surface area (Å²) < 4.78 is 5.21. The molecule has 1 N–H and O–H groups in total. The molecule has 1 fully saturated rings. The molecule has 0 aromatic heterocycles. The molecule has 0 aliphatic carbocycles. The Morgan fingerprint density at radius 2 is 2.23 bits per heavy atom. The smallest absolute Gasteiger partial charge is 0.308 e. The maximum atomic E-state index is 12.2. The van der Waals surface area contributed by atoms with Crippen molar-refractivity contribution < 1.29 is 19.4 Å². The minimum Gasteiger partial charge on any atom is -0.496 e. The van der Waals surface area contributed by atoms with Crippen LogP contribution in [0.2, 0.25) is 5.02 Å². The minimum absolute atomic E-state index is 0.201. The normalized spacial score (nSPS) is 18.5. The zero-order valence-corrected chi connectivity index (χ0v) is 13.0. The molecule has 1 aliphatic rings. The molecule has 0 bridgehead atoms. The van der Waals surface area contributed by atoms with Crippen LogP contribution in [0.5, 0.6) is 5.75 Å². The summed E-state index contributed by atoms with van der Waals surface area (Å²) in [6, 6.07) is 5.15. The zero-order valence-electron chi connectivity index (χ0n) is 12.3. The predicted octanol–water partition coefficient (Wildman–Crippen LogP) is 2.69. The topological polar surface area (TPSA) is 66.8 Å². The fourth-order valence-electron chi connectivity index (χ4n) is 2.48. The zero-order chi connectivity index (χ0) is 16.1. The van der Waals surface area contributed by atoms with Gasteiger partial charge in [0.1, 0.15) is 5.75 Å². The third-order valence-electron chi connectivity index (χ3n) is 3.68. The lowest BCUT2D eigenvalue weighted by Crippen LogP contribution is -2.41. The van der Waals surface area contributed by atoms with E-state index in [0.29, 0.717) is 35.7 Å². The van der Waals surface area contributed by atoms with E-state index < -0.39 is 11.9 Å². The molecule has 0 saturated carbocycles. The number of aliphatic carboxylic acids is 1. The molecule has 0 radical (unpaired) electrons. The van der Waals surface area contributed by atoms with Crippen molar-refractivity contribution in [3.05, 3.63) is 34.9 Å². The lowest BCUT2D eigenvalue weighted by molar-refractivity contribution is -0.144. The first-order valence-corrected chi connectivity index (χ1v) is 7.42. The first kappa shape index (κ1) is 16.4. The van der Waals surface area contributed by atoms with Crippen molar-refractivity contribution in [2.45, 2.75) is 12.8 Å². The summed E-state index contributed by atoms with van der Waals surface area (Å²) in [7, 11) is 1.55. The molecule has 6 heteroatoms. The SMILES string of the molecule is COc1ccc(Cl)cc1/C=C/C(=O)N1CCCC(C(=O)O)C1. The number of nitrogens with zero attached hydrogens (tertiary/aromatic N) is 1. The van der Waals surface area contributed by atoms with Crippen molar-refractivity contribution in [2.75, 3.05) is 20.2 Å². The Kier molecular flexibility index (Phi) is 5.44. The quantitative estimate of drug-likeness (QED) is 0.865. The van der Waals surface area contributed by atoms with E-state index >= 15 is 0 Å². The maximum absolute atomic E-state index is 12.2. The van der Waals surface area contributed by atoms with Gasteiger partial charge in [0.2, 0.25) is 5.91 Å². The van der Waals surface area contributed by atoms with Gasteiger partial charge in [-0.2, -0.15) is 0 Å². The van der Waals surface area contributed by atoms with Gasteiger partial charge in [-0.25, -0.2) is 0 Å². The average molecular weight is 324 g/mol. The molecule has 1 amide bonds. The molecular formula is C16H18ClNO4. The lowest BCUT2D eigenvalue weighted by atomic mass is 9.98. The number of carbonyl (C=O) groups is 2. The van der Waals surface area contributed by atoms with E-state index in [1.165, 1.54) is 6.08 Å². The number of likely N-dealkylation sites (tertiary alicyclic amines) is 1. The number of halogens is 1. The second-order valence-corrected chi connectivity index (χ2v) is 5.62. The second-order valence-electron chi connectivity index (χ2n) is 5.18. The monoisotopic (exact) mass is 323 g/mol. The molecular weight excluding hydrogens is 306 g/mol. The summed E-state index contributed by atoms with van der Waals surface area (Å²) in [5, 5.41) is 9.61. The third kappa shape index (κ3) is 4.01. The number of benzene rings is 1. The maximum Gasteiger partial charge on any atom is 0.308 e. The molecule has 0 spiro atoms. The van der Waals surface area contributed by atoms with Gasteiger partial charge in [-0.3, -0.25) is 9.59 Å². The van der Waals surface area contributed by atoms with Gasteiger partial charge in [-0.15, -0.1) is 0 Å². The number of hydrogen-bond acceptors (Lipinski definition) is 3. The highest BCUT2D eigenvalue weighted by Crippen LogP contribution is 2.24. The molecule has 1 aromatic carbocycles. The van der Waals surface area contributed by atoms with Gasteiger partial charge in [0, 0.05) is 29.8 Å². The summed E-state index contributed by atoms with van der Waals surface area (Å²) in [6.07, 6.45) is 4.39. The molecule has 1 saturated heterocycles. The Morgan fingerprint density at radius 1 is 1.45 bits per heavy atom. The van der Waals surface area contributed by atoms with Crippen LogP contribution in [0.1, 0.15) is 18.4 Å². The first-order chi connectivity index (χ1) is 10.5. The number of methoxy groups -OCH3 is 1. The van der Waals surface area contributed by atoms with E-state index in [9.17, 15) is 9.59 Å². The van der Waals surface area contributed by atoms with Crippen LogP contribution in [0.25, 0.3) is 6.08 Å². The highest BCUT2D eigenvalue weighted by atomic mass is 35.5.